The lowest BCUT2D eigenvalue weighted by Crippen LogP contribution is -2.64. The third kappa shape index (κ3) is 3.98. The summed E-state index contributed by atoms with van der Waals surface area (Å²) in [6.45, 7) is 10.5. The molecule has 0 aliphatic carbocycles. The van der Waals surface area contributed by atoms with Gasteiger partial charge in [-0.1, -0.05) is 34.6 Å². The number of furan rings is 1. The van der Waals surface area contributed by atoms with E-state index in [-0.39, 0.29) is 18.4 Å². The quantitative estimate of drug-likeness (QED) is 0.505. The van der Waals surface area contributed by atoms with Crippen molar-refractivity contribution < 1.29 is 23.2 Å². The van der Waals surface area contributed by atoms with Crippen LogP contribution in [0.3, 0.4) is 0 Å². The fourth-order valence-electron chi connectivity index (χ4n) is 3.09. The molecule has 0 radical (unpaired) electrons. The molecule has 6 nitrogen and oxygen atoms in total. The number of ether oxygens (including phenoxy) is 1. The molecule has 2 heterocycles. The SMILES string of the molecule is CC[Si](CC)(CC)O[C@@H]1C(=O)N(C(=O)OCC(C)C)[C@@H]1c1ccco1. The summed E-state index contributed by atoms with van der Waals surface area (Å²) in [5, 5.41) is 0. The van der Waals surface area contributed by atoms with Gasteiger partial charge < -0.3 is 13.6 Å². The second-order valence-corrected chi connectivity index (χ2v) is 11.6. The van der Waals surface area contributed by atoms with Gasteiger partial charge in [0.2, 0.25) is 0 Å². The minimum atomic E-state index is -1.99. The van der Waals surface area contributed by atoms with Crippen LogP contribution in [0.25, 0.3) is 0 Å². The Labute approximate surface area is 150 Å². The molecule has 2 rings (SSSR count). The first kappa shape index (κ1) is 19.7. The second kappa shape index (κ2) is 8.18. The summed E-state index contributed by atoms with van der Waals surface area (Å²) >= 11 is 0. The molecule has 1 saturated heterocycles. The molecule has 0 unspecified atom stereocenters. The summed E-state index contributed by atoms with van der Waals surface area (Å²) in [4.78, 5) is 26.2. The summed E-state index contributed by atoms with van der Waals surface area (Å²) < 4.78 is 17.1. The van der Waals surface area contributed by atoms with Gasteiger partial charge in [-0.25, -0.2) is 9.69 Å². The topological polar surface area (TPSA) is 69.0 Å². The molecule has 2 atom stereocenters. The molecule has 1 aromatic rings. The number of rotatable bonds is 8. The van der Waals surface area contributed by atoms with Crippen molar-refractivity contribution in [2.75, 3.05) is 6.61 Å². The molecule has 2 amide bonds. The monoisotopic (exact) mass is 367 g/mol. The zero-order chi connectivity index (χ0) is 18.6. The first-order valence-electron chi connectivity index (χ1n) is 9.10. The molecular weight excluding hydrogens is 338 g/mol. The third-order valence-corrected chi connectivity index (χ3v) is 9.55. The van der Waals surface area contributed by atoms with Crippen molar-refractivity contribution in [3.63, 3.8) is 0 Å². The molecule has 0 N–H and O–H groups in total. The number of carbonyl (C=O) groups excluding carboxylic acids is 2. The molecule has 0 bridgehead atoms. The maximum Gasteiger partial charge on any atom is 0.417 e. The molecule has 1 aromatic heterocycles. The van der Waals surface area contributed by atoms with E-state index in [0.29, 0.717) is 5.76 Å². The van der Waals surface area contributed by atoms with Crippen molar-refractivity contribution in [2.24, 2.45) is 5.92 Å². The van der Waals surface area contributed by atoms with E-state index in [1.807, 2.05) is 13.8 Å². The van der Waals surface area contributed by atoms with Crippen molar-refractivity contribution >= 4 is 20.3 Å². The Hall–Kier alpha value is -1.60. The van der Waals surface area contributed by atoms with Gasteiger partial charge in [0.25, 0.3) is 5.91 Å². The lowest BCUT2D eigenvalue weighted by molar-refractivity contribution is -0.162. The van der Waals surface area contributed by atoms with E-state index in [1.165, 1.54) is 6.26 Å². The Kier molecular flexibility index (Phi) is 6.45. The van der Waals surface area contributed by atoms with Crippen LogP contribution in [0.15, 0.2) is 22.8 Å². The summed E-state index contributed by atoms with van der Waals surface area (Å²) in [6.07, 6.45) is 0.248. The molecule has 1 aliphatic rings. The lowest BCUT2D eigenvalue weighted by atomic mass is 9.96. The highest BCUT2D eigenvalue weighted by molar-refractivity contribution is 6.73. The highest BCUT2D eigenvalue weighted by Crippen LogP contribution is 2.41. The van der Waals surface area contributed by atoms with E-state index in [4.69, 9.17) is 13.6 Å². The van der Waals surface area contributed by atoms with Crippen molar-refractivity contribution in [1.82, 2.24) is 4.90 Å². The summed E-state index contributed by atoms with van der Waals surface area (Å²) in [7, 11) is -1.99. The van der Waals surface area contributed by atoms with E-state index < -0.39 is 26.6 Å². The number of β-lactam (4-membered cyclic amide) rings is 1. The van der Waals surface area contributed by atoms with Crippen LogP contribution in [0.4, 0.5) is 4.79 Å². The molecule has 1 aliphatic heterocycles. The third-order valence-electron chi connectivity index (χ3n) is 4.93. The Morgan fingerprint density at radius 3 is 2.40 bits per heavy atom. The standard InChI is InChI=1S/C18H29NO5Si/c1-6-25(7-2,8-3)24-16-15(14-10-9-11-22-14)19(17(16)20)18(21)23-12-13(4)5/h9-11,13,15-16H,6-8,12H2,1-5H3/t15-,16+/m1/s1. The molecular formula is C18H29NO5Si. The normalized spacial score (nSPS) is 20.7. The second-order valence-electron chi connectivity index (χ2n) is 6.92. The number of hydrogen-bond donors (Lipinski definition) is 0. The highest BCUT2D eigenvalue weighted by atomic mass is 28.4. The molecule has 0 aromatic carbocycles. The van der Waals surface area contributed by atoms with Crippen LogP contribution in [0, 0.1) is 5.92 Å². The van der Waals surface area contributed by atoms with Gasteiger partial charge in [-0.2, -0.15) is 0 Å². The number of nitrogens with zero attached hydrogens (tertiary/aromatic N) is 1. The molecule has 7 heteroatoms. The van der Waals surface area contributed by atoms with Crippen LogP contribution in [0.5, 0.6) is 0 Å². The van der Waals surface area contributed by atoms with Crippen LogP contribution in [-0.4, -0.2) is 37.9 Å². The van der Waals surface area contributed by atoms with Crippen LogP contribution in [0.2, 0.25) is 18.1 Å². The van der Waals surface area contributed by atoms with Gasteiger partial charge in [0.1, 0.15) is 11.8 Å². The molecule has 25 heavy (non-hydrogen) atoms. The largest absolute Gasteiger partial charge is 0.467 e. The van der Waals surface area contributed by atoms with Crippen molar-refractivity contribution in [2.45, 2.75) is 64.9 Å². The maximum atomic E-state index is 12.7. The minimum absolute atomic E-state index is 0.203. The van der Waals surface area contributed by atoms with Gasteiger partial charge in [0.05, 0.1) is 12.9 Å². The predicted molar refractivity (Wildman–Crippen MR) is 96.6 cm³/mol. The lowest BCUT2D eigenvalue weighted by Gasteiger charge is -2.46. The van der Waals surface area contributed by atoms with Crippen LogP contribution >= 0.6 is 0 Å². The van der Waals surface area contributed by atoms with Crippen LogP contribution in [0.1, 0.15) is 46.4 Å². The highest BCUT2D eigenvalue weighted by Gasteiger charge is 2.56. The average molecular weight is 368 g/mol. The molecule has 0 spiro atoms. The van der Waals surface area contributed by atoms with Crippen LogP contribution in [-0.2, 0) is 14.0 Å². The first-order chi connectivity index (χ1) is 11.9. The Bertz CT molecular complexity index is 574. The van der Waals surface area contributed by atoms with E-state index in [2.05, 4.69) is 20.8 Å². The van der Waals surface area contributed by atoms with E-state index >= 15 is 0 Å². The van der Waals surface area contributed by atoms with Gasteiger partial charge in [0.15, 0.2) is 14.4 Å². The summed E-state index contributed by atoms with van der Waals surface area (Å²) in [5.74, 6) is 0.425. The summed E-state index contributed by atoms with van der Waals surface area (Å²) in [6, 6.07) is 5.78. The Morgan fingerprint density at radius 2 is 1.92 bits per heavy atom. The van der Waals surface area contributed by atoms with Gasteiger partial charge >= 0.3 is 6.09 Å². The van der Waals surface area contributed by atoms with Gasteiger partial charge in [0, 0.05) is 0 Å². The van der Waals surface area contributed by atoms with E-state index in [9.17, 15) is 9.59 Å². The smallest absolute Gasteiger partial charge is 0.417 e. The van der Waals surface area contributed by atoms with Crippen molar-refractivity contribution in [1.29, 1.82) is 0 Å². The first-order valence-corrected chi connectivity index (χ1v) is 11.6. The average Bonchev–Trinajstić information content (AvgIpc) is 3.12. The van der Waals surface area contributed by atoms with Crippen molar-refractivity contribution in [3.8, 4) is 0 Å². The number of carbonyl (C=O) groups is 2. The number of imide groups is 1. The van der Waals surface area contributed by atoms with E-state index in [0.717, 1.165) is 23.0 Å². The van der Waals surface area contributed by atoms with E-state index in [1.54, 1.807) is 12.1 Å². The van der Waals surface area contributed by atoms with Crippen LogP contribution < -0.4 is 0 Å². The fraction of sp³-hybridized carbons (Fsp3) is 0.667. The molecule has 140 valence electrons. The molecule has 0 saturated carbocycles. The van der Waals surface area contributed by atoms with Gasteiger partial charge in [-0.15, -0.1) is 0 Å². The zero-order valence-corrected chi connectivity index (χ0v) is 16.8. The summed E-state index contributed by atoms with van der Waals surface area (Å²) in [5.41, 5.74) is 0. The fourth-order valence-corrected chi connectivity index (χ4v) is 5.86. The predicted octanol–water partition coefficient (Wildman–Crippen LogP) is 4.35. The maximum absolute atomic E-state index is 12.7. The zero-order valence-electron chi connectivity index (χ0n) is 15.8. The molecule has 1 fully saturated rings. The number of hydrogen-bond acceptors (Lipinski definition) is 5. The van der Waals surface area contributed by atoms with Gasteiger partial charge in [-0.05, 0) is 36.2 Å². The number of likely N-dealkylation sites (tertiary alicyclic amines) is 1. The van der Waals surface area contributed by atoms with Gasteiger partial charge in [-0.3, -0.25) is 4.79 Å². The Balaban J connectivity index is 2.21. The minimum Gasteiger partial charge on any atom is -0.467 e. The van der Waals surface area contributed by atoms with Crippen molar-refractivity contribution in [3.05, 3.63) is 24.2 Å². The Morgan fingerprint density at radius 1 is 1.28 bits per heavy atom. The number of amides is 2.